The van der Waals surface area contributed by atoms with Gasteiger partial charge in [0.2, 0.25) is 0 Å². The van der Waals surface area contributed by atoms with E-state index in [0.29, 0.717) is 13.1 Å². The van der Waals surface area contributed by atoms with Crippen LogP contribution in [0.4, 0.5) is 4.79 Å². The highest BCUT2D eigenvalue weighted by Crippen LogP contribution is 2.34. The van der Waals surface area contributed by atoms with Crippen LogP contribution >= 0.6 is 0 Å². The van der Waals surface area contributed by atoms with Crippen molar-refractivity contribution in [3.63, 3.8) is 0 Å². The van der Waals surface area contributed by atoms with Gasteiger partial charge in [-0.25, -0.2) is 9.78 Å². The lowest BCUT2D eigenvalue weighted by atomic mass is 9.80. The summed E-state index contributed by atoms with van der Waals surface area (Å²) in [4.78, 5) is 21.9. The van der Waals surface area contributed by atoms with Crippen molar-refractivity contribution < 1.29 is 9.53 Å². The first-order chi connectivity index (χ1) is 9.61. The van der Waals surface area contributed by atoms with Crippen molar-refractivity contribution in [3.8, 4) is 0 Å². The highest BCUT2D eigenvalue weighted by Gasteiger charge is 2.37. The number of imidazole rings is 1. The summed E-state index contributed by atoms with van der Waals surface area (Å²) < 4.78 is 5.44. The fourth-order valence-electron chi connectivity index (χ4n) is 2.58. The van der Waals surface area contributed by atoms with Crippen molar-refractivity contribution in [2.45, 2.75) is 65.4 Å². The normalized spacial score (nSPS) is 18.7. The number of rotatable bonds is 1. The third-order valence-electron chi connectivity index (χ3n) is 4.22. The van der Waals surface area contributed by atoms with Gasteiger partial charge in [0.05, 0.1) is 5.69 Å². The van der Waals surface area contributed by atoms with Gasteiger partial charge in [0.1, 0.15) is 11.4 Å². The van der Waals surface area contributed by atoms with Gasteiger partial charge >= 0.3 is 6.09 Å². The molecule has 1 aliphatic rings. The molecule has 1 aliphatic heterocycles. The number of nitrogens with one attached hydrogen (secondary N) is 1. The van der Waals surface area contributed by atoms with Gasteiger partial charge in [-0.3, -0.25) is 0 Å². The van der Waals surface area contributed by atoms with Crippen LogP contribution < -0.4 is 0 Å². The molecule has 0 atom stereocenters. The van der Waals surface area contributed by atoms with Crippen molar-refractivity contribution in [3.05, 3.63) is 17.2 Å². The van der Waals surface area contributed by atoms with Gasteiger partial charge in [-0.05, 0) is 47.5 Å². The van der Waals surface area contributed by atoms with E-state index in [1.54, 1.807) is 4.90 Å². The van der Waals surface area contributed by atoms with Crippen molar-refractivity contribution in [1.29, 1.82) is 0 Å². The number of carbonyl (C=O) groups is 1. The van der Waals surface area contributed by atoms with E-state index in [-0.39, 0.29) is 11.5 Å². The van der Waals surface area contributed by atoms with Crippen LogP contribution in [-0.4, -0.2) is 39.7 Å². The molecule has 0 radical (unpaired) electrons. The lowest BCUT2D eigenvalue weighted by Crippen LogP contribution is -2.46. The maximum absolute atomic E-state index is 12.1. The minimum Gasteiger partial charge on any atom is -0.444 e. The summed E-state index contributed by atoms with van der Waals surface area (Å²) in [6, 6.07) is 0. The molecule has 21 heavy (non-hydrogen) atoms. The third-order valence-corrected chi connectivity index (χ3v) is 4.22. The molecule has 1 fully saturated rings. The molecule has 1 saturated heterocycles. The SMILES string of the molecule is Cc1nc(C2(C)CCN(C(=O)OC(C)(C)C)CC2)[nH]c1C. The first-order valence-electron chi connectivity index (χ1n) is 7.62. The summed E-state index contributed by atoms with van der Waals surface area (Å²) in [6.07, 6.45) is 1.59. The summed E-state index contributed by atoms with van der Waals surface area (Å²) >= 11 is 0. The van der Waals surface area contributed by atoms with E-state index in [1.165, 1.54) is 0 Å². The quantitative estimate of drug-likeness (QED) is 0.864. The fraction of sp³-hybridized carbons (Fsp3) is 0.750. The first-order valence-corrected chi connectivity index (χ1v) is 7.62. The van der Waals surface area contributed by atoms with Gasteiger partial charge in [0.25, 0.3) is 0 Å². The Morgan fingerprint density at radius 2 is 1.86 bits per heavy atom. The Morgan fingerprint density at radius 1 is 1.29 bits per heavy atom. The number of aromatic amines is 1. The molecule has 5 nitrogen and oxygen atoms in total. The number of H-pyrrole nitrogens is 1. The number of hydrogen-bond acceptors (Lipinski definition) is 3. The molecule has 1 aromatic heterocycles. The van der Waals surface area contributed by atoms with E-state index < -0.39 is 5.60 Å². The van der Waals surface area contributed by atoms with Crippen LogP contribution in [0.1, 0.15) is 57.7 Å². The Bertz CT molecular complexity index is 501. The number of piperidine rings is 1. The molecule has 5 heteroatoms. The minimum atomic E-state index is -0.437. The van der Waals surface area contributed by atoms with Crippen LogP contribution in [0.25, 0.3) is 0 Å². The van der Waals surface area contributed by atoms with Crippen LogP contribution in [0.5, 0.6) is 0 Å². The van der Waals surface area contributed by atoms with Gasteiger partial charge in [0.15, 0.2) is 0 Å². The van der Waals surface area contributed by atoms with E-state index in [1.807, 2.05) is 34.6 Å². The number of amides is 1. The van der Waals surface area contributed by atoms with E-state index in [0.717, 1.165) is 30.1 Å². The number of ether oxygens (including phenoxy) is 1. The zero-order valence-corrected chi connectivity index (χ0v) is 14.0. The maximum Gasteiger partial charge on any atom is 0.410 e. The molecule has 0 saturated carbocycles. The second-order valence-corrected chi connectivity index (χ2v) is 7.32. The van der Waals surface area contributed by atoms with Crippen molar-refractivity contribution >= 4 is 6.09 Å². The van der Waals surface area contributed by atoms with Crippen molar-refractivity contribution in [2.24, 2.45) is 0 Å². The molecule has 0 bridgehead atoms. The van der Waals surface area contributed by atoms with Gasteiger partial charge in [-0.15, -0.1) is 0 Å². The van der Waals surface area contributed by atoms with Crippen LogP contribution in [-0.2, 0) is 10.2 Å². The molecular weight excluding hydrogens is 266 g/mol. The third kappa shape index (κ3) is 3.57. The summed E-state index contributed by atoms with van der Waals surface area (Å²) in [5.74, 6) is 1.04. The van der Waals surface area contributed by atoms with Gasteiger partial charge in [-0.1, -0.05) is 6.92 Å². The Morgan fingerprint density at radius 3 is 2.29 bits per heavy atom. The van der Waals surface area contributed by atoms with Gasteiger partial charge in [-0.2, -0.15) is 0 Å². The molecule has 0 spiro atoms. The smallest absolute Gasteiger partial charge is 0.410 e. The second kappa shape index (κ2) is 5.35. The minimum absolute atomic E-state index is 0.0114. The van der Waals surface area contributed by atoms with Gasteiger partial charge in [0, 0.05) is 24.2 Å². The molecule has 2 heterocycles. The molecule has 0 unspecified atom stereocenters. The van der Waals surface area contributed by atoms with Crippen molar-refractivity contribution in [2.75, 3.05) is 13.1 Å². The molecule has 118 valence electrons. The van der Waals surface area contributed by atoms with E-state index in [2.05, 4.69) is 16.9 Å². The predicted octanol–water partition coefficient (Wildman–Crippen LogP) is 3.32. The largest absolute Gasteiger partial charge is 0.444 e. The van der Waals surface area contributed by atoms with E-state index >= 15 is 0 Å². The highest BCUT2D eigenvalue weighted by atomic mass is 16.6. The Kier molecular flexibility index (Phi) is 4.04. The monoisotopic (exact) mass is 293 g/mol. The average molecular weight is 293 g/mol. The first kappa shape index (κ1) is 15.9. The fourth-order valence-corrected chi connectivity index (χ4v) is 2.58. The maximum atomic E-state index is 12.1. The molecular formula is C16H27N3O2. The zero-order chi connectivity index (χ0) is 15.8. The van der Waals surface area contributed by atoms with Crippen LogP contribution in [0.3, 0.4) is 0 Å². The van der Waals surface area contributed by atoms with Gasteiger partial charge < -0.3 is 14.6 Å². The summed E-state index contributed by atoms with van der Waals surface area (Å²) in [6.45, 7) is 13.4. The van der Waals surface area contributed by atoms with Crippen molar-refractivity contribution in [1.82, 2.24) is 14.9 Å². The Balaban J connectivity index is 2.01. The highest BCUT2D eigenvalue weighted by molar-refractivity contribution is 5.68. The molecule has 0 aliphatic carbocycles. The van der Waals surface area contributed by atoms with Crippen LogP contribution in [0, 0.1) is 13.8 Å². The second-order valence-electron chi connectivity index (χ2n) is 7.32. The molecule has 2 rings (SSSR count). The molecule has 1 N–H and O–H groups in total. The van der Waals surface area contributed by atoms with Crippen LogP contribution in [0.2, 0.25) is 0 Å². The lowest BCUT2D eigenvalue weighted by molar-refractivity contribution is 0.0168. The standard InChI is InChI=1S/C16H27N3O2/c1-11-12(2)18-13(17-11)16(6)7-9-19(10-8-16)14(20)21-15(3,4)5/h7-10H2,1-6H3,(H,17,18). The number of aromatic nitrogens is 2. The number of hydrogen-bond donors (Lipinski definition) is 1. The number of aryl methyl sites for hydroxylation is 2. The van der Waals surface area contributed by atoms with Crippen LogP contribution in [0.15, 0.2) is 0 Å². The number of nitrogens with zero attached hydrogens (tertiary/aromatic N) is 2. The molecule has 1 amide bonds. The topological polar surface area (TPSA) is 58.2 Å². The number of likely N-dealkylation sites (tertiary alicyclic amines) is 1. The summed E-state index contributed by atoms with van der Waals surface area (Å²) in [5.41, 5.74) is 1.76. The summed E-state index contributed by atoms with van der Waals surface area (Å²) in [7, 11) is 0. The van der Waals surface area contributed by atoms with E-state index in [9.17, 15) is 4.79 Å². The summed E-state index contributed by atoms with van der Waals surface area (Å²) in [5, 5.41) is 0. The zero-order valence-electron chi connectivity index (χ0n) is 14.0. The van der Waals surface area contributed by atoms with E-state index in [4.69, 9.17) is 4.74 Å². The number of carbonyl (C=O) groups excluding carboxylic acids is 1. The molecule has 0 aromatic carbocycles. The predicted molar refractivity (Wildman–Crippen MR) is 82.5 cm³/mol. The Labute approximate surface area is 127 Å². The molecule has 1 aromatic rings. The average Bonchev–Trinajstić information content (AvgIpc) is 2.69. The Hall–Kier alpha value is -1.52. The lowest BCUT2D eigenvalue weighted by Gasteiger charge is -2.38.